The molecule has 0 unspecified atom stereocenters. The Labute approximate surface area is 110 Å². The number of nitrogens with one attached hydrogen (secondary N) is 1. The molecule has 1 aromatic rings. The summed E-state index contributed by atoms with van der Waals surface area (Å²) in [5.41, 5.74) is 0.562. The predicted molar refractivity (Wildman–Crippen MR) is 68.1 cm³/mol. The molecule has 1 aliphatic rings. The fourth-order valence-electron chi connectivity index (χ4n) is 2.38. The summed E-state index contributed by atoms with van der Waals surface area (Å²) in [6.07, 6.45) is 2.25. The van der Waals surface area contributed by atoms with Crippen LogP contribution in [0.4, 0.5) is 10.1 Å². The maximum Gasteiger partial charge on any atom is 0.306 e. The Bertz CT molecular complexity index is 464. The molecule has 0 bridgehead atoms. The lowest BCUT2D eigenvalue weighted by Gasteiger charge is -2.25. The molecule has 0 spiro atoms. The molecule has 2 rings (SSSR count). The summed E-state index contributed by atoms with van der Waals surface area (Å²) in [4.78, 5) is 22.8. The first kappa shape index (κ1) is 13.5. The molecule has 1 amide bonds. The van der Waals surface area contributed by atoms with Crippen molar-refractivity contribution in [3.05, 3.63) is 30.1 Å². The van der Waals surface area contributed by atoms with Gasteiger partial charge in [0.05, 0.1) is 5.92 Å². The van der Waals surface area contributed by atoms with E-state index >= 15 is 0 Å². The second-order valence-corrected chi connectivity index (χ2v) is 4.88. The standard InChI is InChI=1S/C14H16FNO3/c15-11-5-7-12(8-6-11)16-13(17)9-1-3-10(4-2-9)14(18)19/h5-10H,1-4H2,(H,16,17)(H,18,19). The maximum absolute atomic E-state index is 12.7. The van der Waals surface area contributed by atoms with E-state index in [1.54, 1.807) is 0 Å². The molecular formula is C14H16FNO3. The van der Waals surface area contributed by atoms with Crippen molar-refractivity contribution in [1.29, 1.82) is 0 Å². The molecule has 19 heavy (non-hydrogen) atoms. The molecule has 0 aromatic heterocycles. The summed E-state index contributed by atoms with van der Waals surface area (Å²) in [6, 6.07) is 5.60. The highest BCUT2D eigenvalue weighted by atomic mass is 19.1. The Kier molecular flexibility index (Phi) is 4.14. The Morgan fingerprint density at radius 2 is 1.58 bits per heavy atom. The van der Waals surface area contributed by atoms with Crippen LogP contribution in [0.25, 0.3) is 0 Å². The molecule has 4 nitrogen and oxygen atoms in total. The second-order valence-electron chi connectivity index (χ2n) is 4.88. The van der Waals surface area contributed by atoms with Crippen LogP contribution in [-0.4, -0.2) is 17.0 Å². The smallest absolute Gasteiger partial charge is 0.306 e. The molecule has 1 aromatic carbocycles. The van der Waals surface area contributed by atoms with Gasteiger partial charge in [0.2, 0.25) is 5.91 Å². The van der Waals surface area contributed by atoms with Crippen molar-refractivity contribution in [2.45, 2.75) is 25.7 Å². The zero-order valence-electron chi connectivity index (χ0n) is 10.4. The van der Waals surface area contributed by atoms with E-state index in [1.807, 2.05) is 0 Å². The third kappa shape index (κ3) is 3.53. The van der Waals surface area contributed by atoms with Gasteiger partial charge in [-0.25, -0.2) is 4.39 Å². The molecule has 5 heteroatoms. The van der Waals surface area contributed by atoms with Gasteiger partial charge >= 0.3 is 5.97 Å². The number of carbonyl (C=O) groups is 2. The van der Waals surface area contributed by atoms with Gasteiger partial charge < -0.3 is 10.4 Å². The lowest BCUT2D eigenvalue weighted by molar-refractivity contribution is -0.143. The van der Waals surface area contributed by atoms with Gasteiger partial charge in [-0.2, -0.15) is 0 Å². The van der Waals surface area contributed by atoms with Gasteiger partial charge in [-0.1, -0.05) is 0 Å². The van der Waals surface area contributed by atoms with Gasteiger partial charge in [0.1, 0.15) is 5.82 Å². The van der Waals surface area contributed by atoms with Gasteiger partial charge in [-0.3, -0.25) is 9.59 Å². The van der Waals surface area contributed by atoms with Gasteiger partial charge in [0, 0.05) is 11.6 Å². The fourth-order valence-corrected chi connectivity index (χ4v) is 2.38. The van der Waals surface area contributed by atoms with E-state index in [4.69, 9.17) is 5.11 Å². The third-order valence-electron chi connectivity index (χ3n) is 3.56. The number of carbonyl (C=O) groups excluding carboxylic acids is 1. The number of halogens is 1. The van der Waals surface area contributed by atoms with E-state index in [1.165, 1.54) is 24.3 Å². The van der Waals surface area contributed by atoms with E-state index in [0.717, 1.165) is 0 Å². The first-order valence-electron chi connectivity index (χ1n) is 6.35. The van der Waals surface area contributed by atoms with Gasteiger partial charge in [-0.05, 0) is 49.9 Å². The Balaban J connectivity index is 1.88. The van der Waals surface area contributed by atoms with Crippen LogP contribution in [0.3, 0.4) is 0 Å². The molecule has 0 aliphatic heterocycles. The second kappa shape index (κ2) is 5.82. The number of carboxylic acids is 1. The van der Waals surface area contributed by atoms with Crippen molar-refractivity contribution in [2.75, 3.05) is 5.32 Å². The van der Waals surface area contributed by atoms with Crippen molar-refractivity contribution >= 4 is 17.6 Å². The van der Waals surface area contributed by atoms with Gasteiger partial charge in [-0.15, -0.1) is 0 Å². The van der Waals surface area contributed by atoms with Crippen LogP contribution in [0.2, 0.25) is 0 Å². The molecular weight excluding hydrogens is 249 g/mol. The van der Waals surface area contributed by atoms with Gasteiger partial charge in [0.15, 0.2) is 0 Å². The highest BCUT2D eigenvalue weighted by Crippen LogP contribution is 2.29. The van der Waals surface area contributed by atoms with Crippen molar-refractivity contribution < 1.29 is 19.1 Å². The summed E-state index contributed by atoms with van der Waals surface area (Å²) >= 11 is 0. The van der Waals surface area contributed by atoms with Crippen LogP contribution < -0.4 is 5.32 Å². The number of aliphatic carboxylic acids is 1. The van der Waals surface area contributed by atoms with Gasteiger partial charge in [0.25, 0.3) is 0 Å². The SMILES string of the molecule is O=C(O)C1CCC(C(=O)Nc2ccc(F)cc2)CC1. The van der Waals surface area contributed by atoms with Crippen LogP contribution in [0.1, 0.15) is 25.7 Å². The van der Waals surface area contributed by atoms with E-state index in [-0.39, 0.29) is 23.6 Å². The number of anilines is 1. The molecule has 0 heterocycles. The van der Waals surface area contributed by atoms with Crippen LogP contribution >= 0.6 is 0 Å². The molecule has 1 aliphatic carbocycles. The highest BCUT2D eigenvalue weighted by molar-refractivity contribution is 5.92. The minimum Gasteiger partial charge on any atom is -0.481 e. The van der Waals surface area contributed by atoms with Crippen molar-refractivity contribution in [1.82, 2.24) is 0 Å². The van der Waals surface area contributed by atoms with E-state index in [2.05, 4.69) is 5.32 Å². The van der Waals surface area contributed by atoms with Crippen LogP contribution in [-0.2, 0) is 9.59 Å². The summed E-state index contributed by atoms with van der Waals surface area (Å²) in [5.74, 6) is -1.72. The summed E-state index contributed by atoms with van der Waals surface area (Å²) in [5, 5.41) is 11.6. The summed E-state index contributed by atoms with van der Waals surface area (Å²) < 4.78 is 12.7. The molecule has 2 N–H and O–H groups in total. The fraction of sp³-hybridized carbons (Fsp3) is 0.429. The summed E-state index contributed by atoms with van der Waals surface area (Å²) in [6.45, 7) is 0. The molecule has 0 atom stereocenters. The quantitative estimate of drug-likeness (QED) is 0.883. The number of hydrogen-bond acceptors (Lipinski definition) is 2. The molecule has 0 radical (unpaired) electrons. The van der Waals surface area contributed by atoms with Crippen LogP contribution in [0, 0.1) is 17.7 Å². The number of amides is 1. The minimum atomic E-state index is -0.780. The third-order valence-corrected chi connectivity index (χ3v) is 3.56. The maximum atomic E-state index is 12.7. The largest absolute Gasteiger partial charge is 0.481 e. The molecule has 1 saturated carbocycles. The Hall–Kier alpha value is -1.91. The topological polar surface area (TPSA) is 66.4 Å². The summed E-state index contributed by atoms with van der Waals surface area (Å²) in [7, 11) is 0. The van der Waals surface area contributed by atoms with Crippen LogP contribution in [0.5, 0.6) is 0 Å². The lowest BCUT2D eigenvalue weighted by atomic mass is 9.81. The number of benzene rings is 1. The first-order chi connectivity index (χ1) is 9.06. The number of hydrogen-bond donors (Lipinski definition) is 2. The van der Waals surface area contributed by atoms with E-state index in [0.29, 0.717) is 31.4 Å². The average Bonchev–Trinajstić information content (AvgIpc) is 2.41. The number of carboxylic acid groups (broad SMARTS) is 1. The molecule has 102 valence electrons. The minimum absolute atomic E-state index is 0.115. The lowest BCUT2D eigenvalue weighted by Crippen LogP contribution is -2.29. The predicted octanol–water partition coefficient (Wildman–Crippen LogP) is 2.66. The molecule has 0 saturated heterocycles. The van der Waals surface area contributed by atoms with Crippen molar-refractivity contribution in [3.8, 4) is 0 Å². The Morgan fingerprint density at radius 1 is 1.05 bits per heavy atom. The average molecular weight is 265 g/mol. The van der Waals surface area contributed by atoms with Crippen molar-refractivity contribution in [3.63, 3.8) is 0 Å². The van der Waals surface area contributed by atoms with E-state index < -0.39 is 5.97 Å². The monoisotopic (exact) mass is 265 g/mol. The van der Waals surface area contributed by atoms with E-state index in [9.17, 15) is 14.0 Å². The first-order valence-corrected chi connectivity index (χ1v) is 6.35. The molecule has 1 fully saturated rings. The van der Waals surface area contributed by atoms with Crippen LogP contribution in [0.15, 0.2) is 24.3 Å². The number of rotatable bonds is 3. The van der Waals surface area contributed by atoms with Crippen molar-refractivity contribution in [2.24, 2.45) is 11.8 Å². The zero-order valence-corrected chi connectivity index (χ0v) is 10.4. The highest BCUT2D eigenvalue weighted by Gasteiger charge is 2.29. The normalized spacial score (nSPS) is 22.8. The Morgan fingerprint density at radius 3 is 2.11 bits per heavy atom. The zero-order chi connectivity index (χ0) is 13.8.